The molecule has 0 aromatic rings. The third-order valence-corrected chi connectivity index (χ3v) is 3.61. The molecule has 1 N–H and O–H groups in total. The monoisotopic (exact) mass is 284 g/mol. The molecule has 1 fully saturated rings. The number of hydrogen-bond acceptors (Lipinski definition) is 3. The number of carbonyl (C=O) groups excluding carboxylic acids is 2. The zero-order chi connectivity index (χ0) is 15.3. The molecule has 0 aromatic heterocycles. The summed E-state index contributed by atoms with van der Waals surface area (Å²) in [6, 6.07) is -0.511. The van der Waals surface area contributed by atoms with Crippen molar-refractivity contribution in [2.75, 3.05) is 19.8 Å². The van der Waals surface area contributed by atoms with Gasteiger partial charge in [-0.25, -0.2) is 0 Å². The van der Waals surface area contributed by atoms with Crippen LogP contribution in [0.1, 0.15) is 47.5 Å². The second-order valence-corrected chi connectivity index (χ2v) is 6.50. The van der Waals surface area contributed by atoms with Crippen molar-refractivity contribution in [3.05, 3.63) is 0 Å². The van der Waals surface area contributed by atoms with Crippen LogP contribution >= 0.6 is 0 Å². The van der Waals surface area contributed by atoms with Crippen LogP contribution in [0.3, 0.4) is 0 Å². The van der Waals surface area contributed by atoms with Gasteiger partial charge in [0.05, 0.1) is 0 Å². The van der Waals surface area contributed by atoms with Gasteiger partial charge < -0.3 is 15.0 Å². The molecule has 0 aliphatic carbocycles. The van der Waals surface area contributed by atoms with E-state index in [1.165, 1.54) is 0 Å². The lowest BCUT2D eigenvalue weighted by Gasteiger charge is -2.34. The smallest absolute Gasteiger partial charge is 0.245 e. The fraction of sp³-hybridized carbons (Fsp3) is 0.867. The fourth-order valence-electron chi connectivity index (χ4n) is 2.44. The normalized spacial score (nSPS) is 24.6. The summed E-state index contributed by atoms with van der Waals surface area (Å²) in [4.78, 5) is 26.4. The first-order valence-electron chi connectivity index (χ1n) is 7.45. The first kappa shape index (κ1) is 17.0. The van der Waals surface area contributed by atoms with E-state index in [4.69, 9.17) is 4.74 Å². The Kier molecular flexibility index (Phi) is 5.99. The van der Waals surface area contributed by atoms with E-state index >= 15 is 0 Å². The SMILES string of the molecule is CCOCCCN1C(=O)C(C(C)(C)C)NC(=O)CC1C. The van der Waals surface area contributed by atoms with Gasteiger partial charge in [-0.1, -0.05) is 20.8 Å². The molecule has 116 valence electrons. The number of amides is 2. The summed E-state index contributed by atoms with van der Waals surface area (Å²) in [5, 5.41) is 2.87. The van der Waals surface area contributed by atoms with Crippen molar-refractivity contribution in [1.29, 1.82) is 0 Å². The fourth-order valence-corrected chi connectivity index (χ4v) is 2.44. The predicted octanol–water partition coefficient (Wildman–Crippen LogP) is 1.56. The molecule has 0 aromatic carbocycles. The minimum atomic E-state index is -0.452. The highest BCUT2D eigenvalue weighted by Crippen LogP contribution is 2.24. The zero-order valence-corrected chi connectivity index (χ0v) is 13.4. The van der Waals surface area contributed by atoms with Crippen molar-refractivity contribution in [2.24, 2.45) is 5.41 Å². The van der Waals surface area contributed by atoms with Crippen molar-refractivity contribution >= 4 is 11.8 Å². The molecule has 5 heteroatoms. The van der Waals surface area contributed by atoms with Gasteiger partial charge >= 0.3 is 0 Å². The molecule has 1 rings (SSSR count). The van der Waals surface area contributed by atoms with E-state index in [-0.39, 0.29) is 23.3 Å². The van der Waals surface area contributed by atoms with E-state index in [9.17, 15) is 9.59 Å². The molecule has 1 aliphatic rings. The lowest BCUT2D eigenvalue weighted by atomic mass is 9.86. The molecule has 2 atom stereocenters. The van der Waals surface area contributed by atoms with Gasteiger partial charge in [-0.2, -0.15) is 0 Å². The minimum absolute atomic E-state index is 0.0207. The second kappa shape index (κ2) is 7.07. The van der Waals surface area contributed by atoms with Gasteiger partial charge in [0.2, 0.25) is 11.8 Å². The highest BCUT2D eigenvalue weighted by atomic mass is 16.5. The summed E-state index contributed by atoms with van der Waals surface area (Å²) < 4.78 is 5.32. The van der Waals surface area contributed by atoms with Crippen LogP contribution in [0.15, 0.2) is 0 Å². The maximum atomic E-state index is 12.7. The summed E-state index contributed by atoms with van der Waals surface area (Å²) in [6.07, 6.45) is 1.17. The van der Waals surface area contributed by atoms with Crippen molar-refractivity contribution in [3.63, 3.8) is 0 Å². The van der Waals surface area contributed by atoms with Crippen LogP contribution in [0.25, 0.3) is 0 Å². The van der Waals surface area contributed by atoms with Crippen molar-refractivity contribution in [3.8, 4) is 0 Å². The van der Waals surface area contributed by atoms with Gasteiger partial charge in [-0.05, 0) is 25.7 Å². The topological polar surface area (TPSA) is 58.6 Å². The molecule has 20 heavy (non-hydrogen) atoms. The largest absolute Gasteiger partial charge is 0.382 e. The maximum Gasteiger partial charge on any atom is 0.245 e. The zero-order valence-electron chi connectivity index (χ0n) is 13.4. The first-order valence-corrected chi connectivity index (χ1v) is 7.45. The molecular formula is C15H28N2O3. The van der Waals surface area contributed by atoms with Crippen LogP contribution in [-0.4, -0.2) is 48.6 Å². The van der Waals surface area contributed by atoms with Gasteiger partial charge in [0.1, 0.15) is 6.04 Å². The molecule has 2 amide bonds. The Hall–Kier alpha value is -1.10. The van der Waals surface area contributed by atoms with E-state index in [0.29, 0.717) is 26.2 Å². The average Bonchev–Trinajstić information content (AvgIpc) is 2.43. The third-order valence-electron chi connectivity index (χ3n) is 3.61. The maximum absolute atomic E-state index is 12.7. The lowest BCUT2D eigenvalue weighted by molar-refractivity contribution is -0.137. The Labute approximate surface area is 122 Å². The van der Waals surface area contributed by atoms with Crippen LogP contribution in [0.2, 0.25) is 0 Å². The first-order chi connectivity index (χ1) is 9.27. The van der Waals surface area contributed by atoms with Crippen molar-refractivity contribution < 1.29 is 14.3 Å². The summed E-state index contributed by atoms with van der Waals surface area (Å²) in [7, 11) is 0. The van der Waals surface area contributed by atoms with Gasteiger partial charge in [0.25, 0.3) is 0 Å². The quantitative estimate of drug-likeness (QED) is 0.780. The van der Waals surface area contributed by atoms with Crippen LogP contribution in [0.5, 0.6) is 0 Å². The number of nitrogens with zero attached hydrogens (tertiary/aromatic N) is 1. The van der Waals surface area contributed by atoms with E-state index in [1.807, 2.05) is 39.5 Å². The molecule has 1 aliphatic heterocycles. The Bertz CT molecular complexity index is 350. The number of ether oxygens (including phenoxy) is 1. The van der Waals surface area contributed by atoms with E-state index in [1.54, 1.807) is 0 Å². The average molecular weight is 284 g/mol. The molecule has 0 spiro atoms. The number of rotatable bonds is 5. The Morgan fingerprint density at radius 3 is 2.55 bits per heavy atom. The van der Waals surface area contributed by atoms with E-state index in [2.05, 4.69) is 5.32 Å². The van der Waals surface area contributed by atoms with Crippen molar-refractivity contribution in [1.82, 2.24) is 10.2 Å². The summed E-state index contributed by atoms with van der Waals surface area (Å²) in [5.74, 6) is -0.0227. The van der Waals surface area contributed by atoms with Gasteiger partial charge in [0, 0.05) is 32.2 Å². The van der Waals surface area contributed by atoms with Crippen LogP contribution in [0.4, 0.5) is 0 Å². The Balaban J connectivity index is 2.78. The molecule has 0 radical (unpaired) electrons. The highest BCUT2D eigenvalue weighted by Gasteiger charge is 2.39. The van der Waals surface area contributed by atoms with Crippen LogP contribution in [0, 0.1) is 5.41 Å². The third kappa shape index (κ3) is 4.47. The van der Waals surface area contributed by atoms with Gasteiger partial charge in [-0.15, -0.1) is 0 Å². The number of nitrogens with one attached hydrogen (secondary N) is 1. The van der Waals surface area contributed by atoms with E-state index < -0.39 is 6.04 Å². The molecule has 0 saturated carbocycles. The van der Waals surface area contributed by atoms with Crippen LogP contribution < -0.4 is 5.32 Å². The van der Waals surface area contributed by atoms with Crippen molar-refractivity contribution in [2.45, 2.75) is 59.5 Å². The highest BCUT2D eigenvalue weighted by molar-refractivity contribution is 5.91. The van der Waals surface area contributed by atoms with Gasteiger partial charge in [0.15, 0.2) is 0 Å². The summed E-state index contributed by atoms with van der Waals surface area (Å²) >= 11 is 0. The minimum Gasteiger partial charge on any atom is -0.382 e. The molecule has 5 nitrogen and oxygen atoms in total. The Morgan fingerprint density at radius 2 is 2.00 bits per heavy atom. The molecule has 0 bridgehead atoms. The molecule has 1 heterocycles. The predicted molar refractivity (Wildman–Crippen MR) is 78.3 cm³/mol. The van der Waals surface area contributed by atoms with E-state index in [0.717, 1.165) is 6.42 Å². The van der Waals surface area contributed by atoms with Crippen LogP contribution in [-0.2, 0) is 14.3 Å². The standard InChI is InChI=1S/C15H28N2O3/c1-6-20-9-7-8-17-11(2)10-12(18)16-13(14(17)19)15(3,4)5/h11,13H,6-10H2,1-5H3,(H,16,18). The molecule has 2 unspecified atom stereocenters. The Morgan fingerprint density at radius 1 is 1.35 bits per heavy atom. The second-order valence-electron chi connectivity index (χ2n) is 6.50. The van der Waals surface area contributed by atoms with Gasteiger partial charge in [-0.3, -0.25) is 9.59 Å². The number of hydrogen-bond donors (Lipinski definition) is 1. The summed E-state index contributed by atoms with van der Waals surface area (Å²) in [6.45, 7) is 11.8. The lowest BCUT2D eigenvalue weighted by Crippen LogP contribution is -2.53. The summed E-state index contributed by atoms with van der Waals surface area (Å²) in [5.41, 5.74) is -0.283. The molecular weight excluding hydrogens is 256 g/mol. The number of carbonyl (C=O) groups is 2. The molecule has 1 saturated heterocycles.